The zero-order valence-electron chi connectivity index (χ0n) is 14.5. The average Bonchev–Trinajstić information content (AvgIpc) is 2.56. The highest BCUT2D eigenvalue weighted by molar-refractivity contribution is 5.96. The predicted molar refractivity (Wildman–Crippen MR) is 98.3 cm³/mol. The molecule has 25 heavy (non-hydrogen) atoms. The minimum absolute atomic E-state index is 0.000131. The van der Waals surface area contributed by atoms with Crippen LogP contribution in [0.1, 0.15) is 20.8 Å². The average molecular weight is 343 g/mol. The molecule has 5 nitrogen and oxygen atoms in total. The minimum Gasteiger partial charge on any atom is -0.376 e. The molecule has 2 aromatic rings. The van der Waals surface area contributed by atoms with E-state index in [0.717, 1.165) is 5.69 Å². The smallest absolute Gasteiger partial charge is 0.246 e. The largest absolute Gasteiger partial charge is 0.376 e. The van der Waals surface area contributed by atoms with Crippen molar-refractivity contribution in [3.8, 4) is 0 Å². The van der Waals surface area contributed by atoms with Gasteiger partial charge in [-0.1, -0.05) is 18.2 Å². The first-order valence-electron chi connectivity index (χ1n) is 8.06. The van der Waals surface area contributed by atoms with Gasteiger partial charge in [0.25, 0.3) is 0 Å². The van der Waals surface area contributed by atoms with Gasteiger partial charge in [0.15, 0.2) is 0 Å². The van der Waals surface area contributed by atoms with E-state index in [2.05, 4.69) is 10.6 Å². The van der Waals surface area contributed by atoms with Crippen molar-refractivity contribution in [2.45, 2.75) is 26.8 Å². The van der Waals surface area contributed by atoms with Crippen molar-refractivity contribution in [1.82, 2.24) is 0 Å². The van der Waals surface area contributed by atoms with Crippen LogP contribution in [0.25, 0.3) is 0 Å². The van der Waals surface area contributed by atoms with Crippen LogP contribution in [0, 0.1) is 5.82 Å². The van der Waals surface area contributed by atoms with Crippen LogP contribution >= 0.6 is 0 Å². The maximum atomic E-state index is 13.7. The van der Waals surface area contributed by atoms with Gasteiger partial charge in [0.05, 0.1) is 12.2 Å². The van der Waals surface area contributed by atoms with E-state index in [1.807, 2.05) is 44.2 Å². The van der Waals surface area contributed by atoms with Crippen LogP contribution in [-0.2, 0) is 9.59 Å². The molecular formula is C19H22FN3O2. The lowest BCUT2D eigenvalue weighted by Gasteiger charge is -2.27. The second-order valence-electron chi connectivity index (χ2n) is 5.92. The van der Waals surface area contributed by atoms with Crippen molar-refractivity contribution in [2.24, 2.45) is 0 Å². The number of anilines is 3. The SMILES string of the molecule is CC(=O)Nc1cc(NCC(=O)N(c2ccccc2)C(C)C)ccc1F. The van der Waals surface area contributed by atoms with Gasteiger partial charge in [-0.25, -0.2) is 4.39 Å². The standard InChI is InChI=1S/C19H22FN3O2/c1-13(2)23(16-7-5-4-6-8-16)19(25)12-21-15-9-10-17(20)18(11-15)22-14(3)24/h4-11,13,21H,12H2,1-3H3,(H,22,24). The summed E-state index contributed by atoms with van der Waals surface area (Å²) in [6.07, 6.45) is 0. The Hall–Kier alpha value is -2.89. The number of hydrogen-bond acceptors (Lipinski definition) is 3. The van der Waals surface area contributed by atoms with E-state index in [4.69, 9.17) is 0 Å². The van der Waals surface area contributed by atoms with Crippen molar-refractivity contribution in [3.05, 3.63) is 54.3 Å². The number of amides is 2. The summed E-state index contributed by atoms with van der Waals surface area (Å²) in [4.78, 5) is 25.4. The second-order valence-corrected chi connectivity index (χ2v) is 5.92. The number of hydrogen-bond donors (Lipinski definition) is 2. The molecule has 0 saturated carbocycles. The molecule has 2 amide bonds. The van der Waals surface area contributed by atoms with E-state index in [9.17, 15) is 14.0 Å². The maximum Gasteiger partial charge on any atom is 0.246 e. The van der Waals surface area contributed by atoms with Gasteiger partial charge in [-0.3, -0.25) is 9.59 Å². The first-order chi connectivity index (χ1) is 11.9. The van der Waals surface area contributed by atoms with E-state index in [0.29, 0.717) is 5.69 Å². The van der Waals surface area contributed by atoms with E-state index < -0.39 is 5.82 Å². The van der Waals surface area contributed by atoms with Crippen LogP contribution < -0.4 is 15.5 Å². The topological polar surface area (TPSA) is 61.4 Å². The fraction of sp³-hybridized carbons (Fsp3) is 0.263. The van der Waals surface area contributed by atoms with Crippen molar-refractivity contribution in [1.29, 1.82) is 0 Å². The molecular weight excluding hydrogens is 321 g/mol. The number of rotatable bonds is 6. The molecule has 0 aliphatic rings. The summed E-state index contributed by atoms with van der Waals surface area (Å²) in [7, 11) is 0. The van der Waals surface area contributed by atoms with Crippen molar-refractivity contribution < 1.29 is 14.0 Å². The normalized spacial score (nSPS) is 10.4. The first-order valence-corrected chi connectivity index (χ1v) is 8.06. The third kappa shape index (κ3) is 5.04. The monoisotopic (exact) mass is 343 g/mol. The summed E-state index contributed by atoms with van der Waals surface area (Å²) in [5.74, 6) is -0.992. The molecule has 0 bridgehead atoms. The number of nitrogens with one attached hydrogen (secondary N) is 2. The quantitative estimate of drug-likeness (QED) is 0.842. The number of nitrogens with zero attached hydrogens (tertiary/aromatic N) is 1. The molecule has 0 aliphatic heterocycles. The molecule has 2 aromatic carbocycles. The van der Waals surface area contributed by atoms with E-state index in [1.165, 1.54) is 25.1 Å². The Morgan fingerprint density at radius 1 is 1.12 bits per heavy atom. The highest BCUT2D eigenvalue weighted by Gasteiger charge is 2.18. The highest BCUT2D eigenvalue weighted by atomic mass is 19.1. The summed E-state index contributed by atoms with van der Waals surface area (Å²) in [5.41, 5.74) is 1.45. The molecule has 0 aromatic heterocycles. The van der Waals surface area contributed by atoms with Gasteiger partial charge >= 0.3 is 0 Å². The molecule has 0 radical (unpaired) electrons. The van der Waals surface area contributed by atoms with Gasteiger partial charge in [-0.2, -0.15) is 0 Å². The summed E-state index contributed by atoms with van der Waals surface area (Å²) in [6.45, 7) is 5.25. The molecule has 0 saturated heterocycles. The van der Waals surface area contributed by atoms with Crippen LogP contribution in [0.15, 0.2) is 48.5 Å². The van der Waals surface area contributed by atoms with Crippen molar-refractivity contribution >= 4 is 28.9 Å². The van der Waals surface area contributed by atoms with Crippen LogP contribution in [0.3, 0.4) is 0 Å². The summed E-state index contributed by atoms with van der Waals surface area (Å²) in [6, 6.07) is 13.6. The van der Waals surface area contributed by atoms with E-state index in [1.54, 1.807) is 4.90 Å². The molecule has 2 N–H and O–H groups in total. The van der Waals surface area contributed by atoms with Gasteiger partial charge in [0.2, 0.25) is 11.8 Å². The number of benzene rings is 2. The third-order valence-corrected chi connectivity index (χ3v) is 3.54. The Morgan fingerprint density at radius 3 is 2.40 bits per heavy atom. The lowest BCUT2D eigenvalue weighted by Crippen LogP contribution is -2.40. The lowest BCUT2D eigenvalue weighted by molar-refractivity contribution is -0.117. The van der Waals surface area contributed by atoms with Gasteiger partial charge in [0, 0.05) is 24.3 Å². The Kier molecular flexibility index (Phi) is 6.11. The molecule has 0 spiro atoms. The summed E-state index contributed by atoms with van der Waals surface area (Å²) in [5, 5.41) is 5.40. The summed E-state index contributed by atoms with van der Waals surface area (Å²) < 4.78 is 13.7. The molecule has 0 aliphatic carbocycles. The van der Waals surface area contributed by atoms with Crippen molar-refractivity contribution in [2.75, 3.05) is 22.1 Å². The van der Waals surface area contributed by atoms with Gasteiger partial charge in [-0.05, 0) is 44.2 Å². The van der Waals surface area contributed by atoms with Gasteiger partial charge < -0.3 is 15.5 Å². The Morgan fingerprint density at radius 2 is 1.80 bits per heavy atom. The minimum atomic E-state index is -0.528. The lowest BCUT2D eigenvalue weighted by atomic mass is 10.2. The fourth-order valence-corrected chi connectivity index (χ4v) is 2.50. The molecule has 0 atom stereocenters. The Bertz CT molecular complexity index is 748. The molecule has 0 unspecified atom stereocenters. The highest BCUT2D eigenvalue weighted by Crippen LogP contribution is 2.20. The number of halogens is 1. The Labute approximate surface area is 146 Å². The van der Waals surface area contributed by atoms with Crippen LogP contribution in [0.4, 0.5) is 21.5 Å². The molecule has 0 heterocycles. The van der Waals surface area contributed by atoms with Gasteiger partial charge in [-0.15, -0.1) is 0 Å². The Balaban J connectivity index is 2.09. The summed E-state index contributed by atoms with van der Waals surface area (Å²) >= 11 is 0. The predicted octanol–water partition coefficient (Wildman–Crippen LogP) is 3.64. The van der Waals surface area contributed by atoms with Crippen molar-refractivity contribution in [3.63, 3.8) is 0 Å². The zero-order valence-corrected chi connectivity index (χ0v) is 14.5. The molecule has 6 heteroatoms. The number of para-hydroxylation sites is 1. The fourth-order valence-electron chi connectivity index (χ4n) is 2.50. The van der Waals surface area contributed by atoms with E-state index >= 15 is 0 Å². The maximum absolute atomic E-state index is 13.7. The third-order valence-electron chi connectivity index (χ3n) is 3.54. The zero-order chi connectivity index (χ0) is 18.4. The van der Waals surface area contributed by atoms with E-state index in [-0.39, 0.29) is 30.1 Å². The number of carbonyl (C=O) groups excluding carboxylic acids is 2. The van der Waals surface area contributed by atoms with Gasteiger partial charge in [0.1, 0.15) is 5.82 Å². The molecule has 0 fully saturated rings. The molecule has 132 valence electrons. The first kappa shape index (κ1) is 18.4. The number of carbonyl (C=O) groups is 2. The van der Waals surface area contributed by atoms with Crippen LogP contribution in [0.5, 0.6) is 0 Å². The van der Waals surface area contributed by atoms with Crippen LogP contribution in [-0.4, -0.2) is 24.4 Å². The molecule has 2 rings (SSSR count). The van der Waals surface area contributed by atoms with Crippen LogP contribution in [0.2, 0.25) is 0 Å². The second kappa shape index (κ2) is 8.28.